The Kier molecular flexibility index (Phi) is 4.58. The number of halogens is 1. The molecule has 0 aliphatic rings. The first-order valence-electron chi connectivity index (χ1n) is 4.74. The Morgan fingerprint density at radius 3 is 2.75 bits per heavy atom. The van der Waals surface area contributed by atoms with E-state index >= 15 is 0 Å². The van der Waals surface area contributed by atoms with Gasteiger partial charge in [-0.1, -0.05) is 17.7 Å². The normalized spacial score (nSPS) is 12.0. The zero-order valence-corrected chi connectivity index (χ0v) is 9.95. The predicted molar refractivity (Wildman–Crippen MR) is 61.6 cm³/mol. The molecular weight excluding hydrogens is 230 g/mol. The number of methoxy groups -OCH3 is 2. The van der Waals surface area contributed by atoms with Gasteiger partial charge in [0.25, 0.3) is 0 Å². The second-order valence-electron chi connectivity index (χ2n) is 3.28. The topological polar surface area (TPSA) is 61.5 Å². The highest BCUT2D eigenvalue weighted by molar-refractivity contribution is 6.32. The van der Waals surface area contributed by atoms with E-state index in [9.17, 15) is 4.79 Å². The third-order valence-electron chi connectivity index (χ3n) is 2.22. The lowest BCUT2D eigenvalue weighted by Crippen LogP contribution is -2.16. The number of rotatable bonds is 4. The molecule has 1 aromatic rings. The Hall–Kier alpha value is -1.26. The van der Waals surface area contributed by atoms with Crippen molar-refractivity contribution in [3.05, 3.63) is 28.8 Å². The van der Waals surface area contributed by atoms with E-state index in [1.807, 2.05) is 0 Å². The molecule has 0 bridgehead atoms. The van der Waals surface area contributed by atoms with E-state index in [1.54, 1.807) is 18.2 Å². The van der Waals surface area contributed by atoms with Crippen molar-refractivity contribution in [2.45, 2.75) is 12.5 Å². The second-order valence-corrected chi connectivity index (χ2v) is 3.69. The van der Waals surface area contributed by atoms with Crippen molar-refractivity contribution in [2.75, 3.05) is 14.2 Å². The van der Waals surface area contributed by atoms with Crippen molar-refractivity contribution in [1.29, 1.82) is 0 Å². The number of esters is 1. The van der Waals surface area contributed by atoms with Gasteiger partial charge in [0.2, 0.25) is 0 Å². The summed E-state index contributed by atoms with van der Waals surface area (Å²) in [6, 6.07) is 4.75. The Morgan fingerprint density at radius 1 is 1.50 bits per heavy atom. The maximum atomic E-state index is 11.1. The number of carbonyl (C=O) groups excluding carboxylic acids is 1. The number of nitrogens with two attached hydrogens (primary N) is 1. The summed E-state index contributed by atoms with van der Waals surface area (Å²) in [5.74, 6) is 0.195. The molecule has 0 fully saturated rings. The third-order valence-corrected chi connectivity index (χ3v) is 2.53. The minimum absolute atomic E-state index is 0.126. The smallest absolute Gasteiger partial charge is 0.307 e. The van der Waals surface area contributed by atoms with E-state index in [1.165, 1.54) is 14.2 Å². The van der Waals surface area contributed by atoms with Crippen molar-refractivity contribution in [3.63, 3.8) is 0 Å². The fourth-order valence-corrected chi connectivity index (χ4v) is 1.48. The van der Waals surface area contributed by atoms with E-state index in [0.29, 0.717) is 10.8 Å². The Morgan fingerprint density at radius 2 is 2.19 bits per heavy atom. The van der Waals surface area contributed by atoms with Crippen LogP contribution in [0.3, 0.4) is 0 Å². The Bertz CT molecular complexity index is 381. The molecule has 2 N–H and O–H groups in total. The average molecular weight is 244 g/mol. The minimum atomic E-state index is -0.418. The van der Waals surface area contributed by atoms with Gasteiger partial charge < -0.3 is 15.2 Å². The third kappa shape index (κ3) is 3.12. The van der Waals surface area contributed by atoms with Crippen LogP contribution in [0, 0.1) is 0 Å². The van der Waals surface area contributed by atoms with E-state index in [0.717, 1.165) is 5.56 Å². The number of benzene rings is 1. The molecule has 0 spiro atoms. The first-order chi connectivity index (χ1) is 7.58. The first kappa shape index (κ1) is 12.8. The van der Waals surface area contributed by atoms with Crippen LogP contribution in [0.15, 0.2) is 18.2 Å². The molecule has 0 amide bonds. The van der Waals surface area contributed by atoms with Gasteiger partial charge in [0, 0.05) is 6.04 Å². The highest BCUT2D eigenvalue weighted by atomic mass is 35.5. The quantitative estimate of drug-likeness (QED) is 0.821. The number of carbonyl (C=O) groups is 1. The van der Waals surface area contributed by atoms with Gasteiger partial charge >= 0.3 is 5.97 Å². The lowest BCUT2D eigenvalue weighted by molar-refractivity contribution is -0.141. The van der Waals surface area contributed by atoms with Crippen LogP contribution in [0.1, 0.15) is 18.0 Å². The van der Waals surface area contributed by atoms with Gasteiger partial charge in [0.05, 0.1) is 25.7 Å². The maximum Gasteiger partial charge on any atom is 0.307 e. The Balaban J connectivity index is 2.83. The zero-order chi connectivity index (χ0) is 12.1. The first-order valence-corrected chi connectivity index (χ1v) is 5.12. The molecular formula is C11H14ClNO3. The highest BCUT2D eigenvalue weighted by Crippen LogP contribution is 2.28. The molecule has 0 saturated carbocycles. The molecule has 4 nitrogen and oxygen atoms in total. The van der Waals surface area contributed by atoms with Gasteiger partial charge in [-0.3, -0.25) is 4.79 Å². The van der Waals surface area contributed by atoms with Gasteiger partial charge in [-0.2, -0.15) is 0 Å². The van der Waals surface area contributed by atoms with E-state index < -0.39 is 6.04 Å². The van der Waals surface area contributed by atoms with Crippen LogP contribution in [0.2, 0.25) is 5.02 Å². The number of ether oxygens (including phenoxy) is 2. The van der Waals surface area contributed by atoms with Crippen molar-refractivity contribution in [2.24, 2.45) is 5.73 Å². The molecule has 0 aromatic heterocycles. The molecule has 88 valence electrons. The van der Waals surface area contributed by atoms with Crippen LogP contribution in [-0.4, -0.2) is 20.2 Å². The molecule has 1 rings (SSSR count). The molecule has 1 aromatic carbocycles. The average Bonchev–Trinajstić information content (AvgIpc) is 2.29. The standard InChI is InChI=1S/C11H14ClNO3/c1-15-10-5-7(3-4-8(10)12)9(13)6-11(14)16-2/h3-5,9H,6,13H2,1-2H3/t9-/m1/s1. The van der Waals surface area contributed by atoms with Gasteiger partial charge in [-0.15, -0.1) is 0 Å². The number of hydrogen-bond acceptors (Lipinski definition) is 4. The van der Waals surface area contributed by atoms with E-state index in [4.69, 9.17) is 22.1 Å². The van der Waals surface area contributed by atoms with Crippen molar-refractivity contribution >= 4 is 17.6 Å². The van der Waals surface area contributed by atoms with Crippen LogP contribution in [0.5, 0.6) is 5.75 Å². The summed E-state index contributed by atoms with van der Waals surface area (Å²) >= 11 is 5.88. The summed E-state index contributed by atoms with van der Waals surface area (Å²) < 4.78 is 9.61. The summed E-state index contributed by atoms with van der Waals surface area (Å²) in [6.07, 6.45) is 0.126. The lowest BCUT2D eigenvalue weighted by Gasteiger charge is -2.12. The number of hydrogen-bond donors (Lipinski definition) is 1. The molecule has 0 unspecified atom stereocenters. The molecule has 1 atom stereocenters. The fourth-order valence-electron chi connectivity index (χ4n) is 1.29. The summed E-state index contributed by atoms with van der Waals surface area (Å²) in [7, 11) is 2.86. The van der Waals surface area contributed by atoms with Crippen LogP contribution in [0.25, 0.3) is 0 Å². The maximum absolute atomic E-state index is 11.1. The molecule has 0 aliphatic heterocycles. The molecule has 0 radical (unpaired) electrons. The summed E-state index contributed by atoms with van der Waals surface area (Å²) in [6.45, 7) is 0. The predicted octanol–water partition coefficient (Wildman–Crippen LogP) is 1.91. The highest BCUT2D eigenvalue weighted by Gasteiger charge is 2.13. The Labute approximate surface area is 99.3 Å². The molecule has 0 heterocycles. The summed E-state index contributed by atoms with van der Waals surface area (Å²) in [5.41, 5.74) is 6.63. The van der Waals surface area contributed by atoms with E-state index in [-0.39, 0.29) is 12.4 Å². The van der Waals surface area contributed by atoms with Crippen LogP contribution >= 0.6 is 11.6 Å². The van der Waals surface area contributed by atoms with Gasteiger partial charge in [-0.05, 0) is 17.7 Å². The monoisotopic (exact) mass is 243 g/mol. The SMILES string of the molecule is COC(=O)C[C@@H](N)c1ccc(Cl)c(OC)c1. The van der Waals surface area contributed by atoms with Crippen molar-refractivity contribution < 1.29 is 14.3 Å². The van der Waals surface area contributed by atoms with Crippen LogP contribution in [-0.2, 0) is 9.53 Å². The zero-order valence-electron chi connectivity index (χ0n) is 9.20. The van der Waals surface area contributed by atoms with Gasteiger partial charge in [-0.25, -0.2) is 0 Å². The van der Waals surface area contributed by atoms with Crippen molar-refractivity contribution in [1.82, 2.24) is 0 Å². The van der Waals surface area contributed by atoms with Crippen LogP contribution in [0.4, 0.5) is 0 Å². The van der Waals surface area contributed by atoms with Gasteiger partial charge in [0.15, 0.2) is 0 Å². The molecule has 16 heavy (non-hydrogen) atoms. The second kappa shape index (κ2) is 5.72. The molecule has 0 aliphatic carbocycles. The fraction of sp³-hybridized carbons (Fsp3) is 0.364. The molecule has 5 heteroatoms. The van der Waals surface area contributed by atoms with Gasteiger partial charge in [0.1, 0.15) is 5.75 Å². The summed E-state index contributed by atoms with van der Waals surface area (Å²) in [5, 5.41) is 0.511. The van der Waals surface area contributed by atoms with Crippen molar-refractivity contribution in [3.8, 4) is 5.75 Å². The lowest BCUT2D eigenvalue weighted by atomic mass is 10.0. The van der Waals surface area contributed by atoms with Crippen LogP contribution < -0.4 is 10.5 Å². The largest absolute Gasteiger partial charge is 0.495 e. The summed E-state index contributed by atoms with van der Waals surface area (Å²) in [4.78, 5) is 11.1. The molecule has 0 saturated heterocycles. The minimum Gasteiger partial charge on any atom is -0.495 e. The van der Waals surface area contributed by atoms with E-state index in [2.05, 4.69) is 4.74 Å².